The van der Waals surface area contributed by atoms with Crippen molar-refractivity contribution in [2.45, 2.75) is 26.3 Å². The van der Waals surface area contributed by atoms with E-state index in [1.165, 1.54) is 11.1 Å². The molecular weight excluding hydrogens is 336 g/mol. The molecule has 2 heterocycles. The van der Waals surface area contributed by atoms with Crippen molar-refractivity contribution in [1.29, 1.82) is 0 Å². The molecule has 2 amide bonds. The van der Waals surface area contributed by atoms with Crippen LogP contribution in [0, 0.1) is 6.92 Å². The van der Waals surface area contributed by atoms with Gasteiger partial charge in [-0.2, -0.15) is 4.98 Å². The van der Waals surface area contributed by atoms with Crippen LogP contribution in [-0.4, -0.2) is 27.6 Å². The maximum atomic E-state index is 12.3. The summed E-state index contributed by atoms with van der Waals surface area (Å²) in [5.41, 5.74) is 2.46. The molecule has 0 saturated heterocycles. The summed E-state index contributed by atoms with van der Waals surface area (Å²) in [6.07, 6.45) is 1.90. The summed E-state index contributed by atoms with van der Waals surface area (Å²) in [6.45, 7) is 2.99. The van der Waals surface area contributed by atoms with Crippen molar-refractivity contribution in [2.75, 3.05) is 11.9 Å². The lowest BCUT2D eigenvalue weighted by Gasteiger charge is -2.20. The molecule has 0 fully saturated rings. The second-order valence-corrected chi connectivity index (χ2v) is 5.93. The molecule has 1 aromatic carbocycles. The number of hydrogen-bond donors (Lipinski definition) is 1. The van der Waals surface area contributed by atoms with Gasteiger partial charge in [-0.1, -0.05) is 27.2 Å². The third-order valence-corrected chi connectivity index (χ3v) is 3.93. The van der Waals surface area contributed by atoms with Crippen LogP contribution in [0.15, 0.2) is 27.2 Å². The van der Waals surface area contributed by atoms with Gasteiger partial charge in [-0.15, -0.1) is 0 Å². The third kappa shape index (κ3) is 3.24. The van der Waals surface area contributed by atoms with E-state index < -0.39 is 0 Å². The minimum absolute atomic E-state index is 0.137. The molecule has 0 radical (unpaired) electrons. The number of nitrogens with one attached hydrogen (secondary N) is 1. The second kappa shape index (κ2) is 5.85. The SMILES string of the molecule is Cc1noc(NC(=O)N2CCCc3cc(Br)ccc3C2)n1. The lowest BCUT2D eigenvalue weighted by Crippen LogP contribution is -2.34. The van der Waals surface area contributed by atoms with Crippen LogP contribution < -0.4 is 5.32 Å². The first-order valence-electron chi connectivity index (χ1n) is 6.75. The van der Waals surface area contributed by atoms with E-state index in [9.17, 15) is 4.79 Å². The van der Waals surface area contributed by atoms with Gasteiger partial charge in [0, 0.05) is 17.6 Å². The Kier molecular flexibility index (Phi) is 3.92. The molecule has 1 aromatic heterocycles. The second-order valence-electron chi connectivity index (χ2n) is 5.02. The molecule has 110 valence electrons. The summed E-state index contributed by atoms with van der Waals surface area (Å²) in [5, 5.41) is 6.29. The van der Waals surface area contributed by atoms with E-state index in [2.05, 4.69) is 43.5 Å². The number of nitrogens with zero attached hydrogens (tertiary/aromatic N) is 3. The van der Waals surface area contributed by atoms with E-state index in [1.807, 2.05) is 6.07 Å². The fourth-order valence-corrected chi connectivity index (χ4v) is 2.83. The summed E-state index contributed by atoms with van der Waals surface area (Å²) in [5.74, 6) is 0.497. The fraction of sp³-hybridized carbons (Fsp3) is 0.357. The number of rotatable bonds is 1. The number of aryl methyl sites for hydroxylation is 2. The van der Waals surface area contributed by atoms with Gasteiger partial charge in [0.1, 0.15) is 0 Å². The highest BCUT2D eigenvalue weighted by molar-refractivity contribution is 9.10. The number of anilines is 1. The van der Waals surface area contributed by atoms with Crippen LogP contribution in [0.2, 0.25) is 0 Å². The molecule has 1 aliphatic heterocycles. The smallest absolute Gasteiger partial charge is 0.320 e. The van der Waals surface area contributed by atoms with E-state index in [4.69, 9.17) is 4.52 Å². The highest BCUT2D eigenvalue weighted by Crippen LogP contribution is 2.23. The number of hydrogen-bond acceptors (Lipinski definition) is 4. The van der Waals surface area contributed by atoms with Crippen molar-refractivity contribution in [1.82, 2.24) is 15.0 Å². The molecule has 0 spiro atoms. The van der Waals surface area contributed by atoms with Gasteiger partial charge in [-0.25, -0.2) is 4.79 Å². The Morgan fingerprint density at radius 3 is 3.05 bits per heavy atom. The van der Waals surface area contributed by atoms with Crippen molar-refractivity contribution >= 4 is 28.0 Å². The normalized spacial score (nSPS) is 14.5. The lowest BCUT2D eigenvalue weighted by molar-refractivity contribution is 0.209. The number of fused-ring (bicyclic) bond motifs is 1. The monoisotopic (exact) mass is 350 g/mol. The topological polar surface area (TPSA) is 71.3 Å². The zero-order valence-corrected chi connectivity index (χ0v) is 13.2. The standard InChI is InChI=1S/C14H15BrN4O2/c1-9-16-13(21-18-9)17-14(20)19-6-2-3-10-7-12(15)5-4-11(10)8-19/h4-5,7H,2-3,6,8H2,1H3,(H,16,17,18,20). The molecular formula is C14H15BrN4O2. The maximum absolute atomic E-state index is 12.3. The Labute approximate surface area is 130 Å². The molecule has 0 unspecified atom stereocenters. The molecule has 2 aromatic rings. The van der Waals surface area contributed by atoms with Crippen molar-refractivity contribution in [2.24, 2.45) is 0 Å². The number of amides is 2. The quantitative estimate of drug-likeness (QED) is 0.857. The molecule has 6 nitrogen and oxygen atoms in total. The Balaban J connectivity index is 1.74. The van der Waals surface area contributed by atoms with Crippen LogP contribution in [0.25, 0.3) is 0 Å². The summed E-state index contributed by atoms with van der Waals surface area (Å²) in [7, 11) is 0. The molecule has 3 rings (SSSR count). The van der Waals surface area contributed by atoms with Gasteiger partial charge in [-0.05, 0) is 43.0 Å². The third-order valence-electron chi connectivity index (χ3n) is 3.43. The first-order valence-corrected chi connectivity index (χ1v) is 7.54. The first kappa shape index (κ1) is 14.1. The molecule has 1 N–H and O–H groups in total. The largest absolute Gasteiger partial charge is 0.329 e. The molecule has 1 aliphatic rings. The van der Waals surface area contributed by atoms with Crippen molar-refractivity contribution in [3.05, 3.63) is 39.6 Å². The van der Waals surface area contributed by atoms with Crippen molar-refractivity contribution < 1.29 is 9.32 Å². The predicted octanol–water partition coefficient (Wildman–Crippen LogP) is 3.12. The number of aromatic nitrogens is 2. The van der Waals surface area contributed by atoms with Gasteiger partial charge < -0.3 is 9.42 Å². The van der Waals surface area contributed by atoms with Crippen LogP contribution in [0.5, 0.6) is 0 Å². The summed E-state index contributed by atoms with van der Waals surface area (Å²) in [6, 6.07) is 6.11. The van der Waals surface area contributed by atoms with Crippen LogP contribution in [0.1, 0.15) is 23.4 Å². The van der Waals surface area contributed by atoms with Crippen LogP contribution in [-0.2, 0) is 13.0 Å². The van der Waals surface area contributed by atoms with Gasteiger partial charge in [0.15, 0.2) is 5.82 Å². The van der Waals surface area contributed by atoms with Gasteiger partial charge in [-0.3, -0.25) is 5.32 Å². The zero-order valence-electron chi connectivity index (χ0n) is 11.6. The van der Waals surface area contributed by atoms with Crippen molar-refractivity contribution in [3.8, 4) is 0 Å². The average molecular weight is 351 g/mol. The highest BCUT2D eigenvalue weighted by Gasteiger charge is 2.20. The van der Waals surface area contributed by atoms with Crippen molar-refractivity contribution in [3.63, 3.8) is 0 Å². The number of benzene rings is 1. The Morgan fingerprint density at radius 2 is 2.29 bits per heavy atom. The lowest BCUT2D eigenvalue weighted by atomic mass is 10.0. The average Bonchev–Trinajstić information content (AvgIpc) is 2.73. The highest BCUT2D eigenvalue weighted by atomic mass is 79.9. The molecule has 0 bridgehead atoms. The predicted molar refractivity (Wildman–Crippen MR) is 80.9 cm³/mol. The van der Waals surface area contributed by atoms with Gasteiger partial charge in [0.25, 0.3) is 0 Å². The summed E-state index contributed by atoms with van der Waals surface area (Å²) in [4.78, 5) is 18.0. The van der Waals surface area contributed by atoms with E-state index in [-0.39, 0.29) is 12.0 Å². The minimum Gasteiger partial charge on any atom is -0.320 e. The van der Waals surface area contributed by atoms with E-state index in [0.717, 1.165) is 17.3 Å². The first-order chi connectivity index (χ1) is 10.1. The Morgan fingerprint density at radius 1 is 1.43 bits per heavy atom. The number of urea groups is 1. The summed E-state index contributed by atoms with van der Waals surface area (Å²) >= 11 is 3.49. The molecule has 0 aliphatic carbocycles. The zero-order chi connectivity index (χ0) is 14.8. The maximum Gasteiger partial charge on any atom is 0.329 e. The summed E-state index contributed by atoms with van der Waals surface area (Å²) < 4.78 is 5.99. The van der Waals surface area contributed by atoms with Crippen LogP contribution in [0.4, 0.5) is 10.8 Å². The van der Waals surface area contributed by atoms with E-state index in [0.29, 0.717) is 18.9 Å². The Hall–Kier alpha value is -1.89. The number of halogens is 1. The minimum atomic E-state index is -0.214. The van der Waals surface area contributed by atoms with E-state index in [1.54, 1.807) is 11.8 Å². The fourth-order valence-electron chi connectivity index (χ4n) is 2.42. The molecule has 0 saturated carbocycles. The molecule has 21 heavy (non-hydrogen) atoms. The van der Waals surface area contributed by atoms with Crippen LogP contribution >= 0.6 is 15.9 Å². The van der Waals surface area contributed by atoms with Crippen LogP contribution in [0.3, 0.4) is 0 Å². The molecule has 0 atom stereocenters. The molecule has 7 heteroatoms. The number of carbonyl (C=O) groups excluding carboxylic acids is 1. The van der Waals surface area contributed by atoms with Gasteiger partial charge in [0.2, 0.25) is 0 Å². The van der Waals surface area contributed by atoms with Gasteiger partial charge in [0.05, 0.1) is 0 Å². The Bertz CT molecular complexity index is 671. The van der Waals surface area contributed by atoms with E-state index >= 15 is 0 Å². The number of carbonyl (C=O) groups is 1. The van der Waals surface area contributed by atoms with Gasteiger partial charge >= 0.3 is 12.0 Å².